The second-order valence-corrected chi connectivity index (χ2v) is 4.18. The van der Waals surface area contributed by atoms with Gasteiger partial charge in [-0.25, -0.2) is 9.78 Å². The van der Waals surface area contributed by atoms with E-state index in [0.29, 0.717) is 5.75 Å². The predicted octanol–water partition coefficient (Wildman–Crippen LogP) is 2.82. The van der Waals surface area contributed by atoms with Gasteiger partial charge in [0.25, 0.3) is 0 Å². The maximum absolute atomic E-state index is 11.3. The topological polar surface area (TPSA) is 61.3 Å². The van der Waals surface area contributed by atoms with E-state index in [1.165, 1.54) is 13.3 Å². The number of ether oxygens (including phenoxy) is 2. The predicted molar refractivity (Wildman–Crippen MR) is 67.6 cm³/mol. The van der Waals surface area contributed by atoms with E-state index in [-0.39, 0.29) is 11.7 Å². The average Bonchev–Trinajstić information content (AvgIpc) is 2.41. The molecule has 0 atom stereocenters. The summed E-state index contributed by atoms with van der Waals surface area (Å²) >= 11 is 3.33. The van der Waals surface area contributed by atoms with Crippen LogP contribution >= 0.6 is 15.9 Å². The number of rotatable bonds is 3. The van der Waals surface area contributed by atoms with Crippen molar-refractivity contribution in [3.63, 3.8) is 0 Å². The van der Waals surface area contributed by atoms with Crippen molar-refractivity contribution < 1.29 is 14.3 Å². The maximum Gasteiger partial charge on any atom is 0.376 e. The Morgan fingerprint density at radius 1 is 1.22 bits per heavy atom. The third-order valence-corrected chi connectivity index (χ3v) is 2.56. The number of methoxy groups -OCH3 is 1. The van der Waals surface area contributed by atoms with Gasteiger partial charge in [0.1, 0.15) is 5.75 Å². The molecule has 0 fully saturated rings. The molecule has 2 aromatic rings. The smallest absolute Gasteiger partial charge is 0.376 e. The Hall–Kier alpha value is -1.95. The number of carbonyl (C=O) groups is 1. The molecule has 0 aliphatic rings. The van der Waals surface area contributed by atoms with E-state index in [1.807, 2.05) is 12.1 Å². The Balaban J connectivity index is 2.19. The molecule has 2 rings (SSSR count). The van der Waals surface area contributed by atoms with Crippen molar-refractivity contribution in [1.29, 1.82) is 0 Å². The van der Waals surface area contributed by atoms with E-state index in [4.69, 9.17) is 4.74 Å². The highest BCUT2D eigenvalue weighted by Crippen LogP contribution is 2.21. The number of nitrogens with zero attached hydrogens (tertiary/aromatic N) is 2. The van der Waals surface area contributed by atoms with Gasteiger partial charge in [0.15, 0.2) is 0 Å². The fourth-order valence-corrected chi connectivity index (χ4v) is 1.48. The van der Waals surface area contributed by atoms with Crippen LogP contribution in [-0.4, -0.2) is 23.0 Å². The summed E-state index contributed by atoms with van der Waals surface area (Å²) in [6.45, 7) is 0. The van der Waals surface area contributed by atoms with Gasteiger partial charge < -0.3 is 9.47 Å². The molecule has 92 valence electrons. The van der Waals surface area contributed by atoms with Crippen molar-refractivity contribution in [2.75, 3.05) is 7.11 Å². The first-order chi connectivity index (χ1) is 8.69. The van der Waals surface area contributed by atoms with Crippen LogP contribution in [0.15, 0.2) is 41.0 Å². The fourth-order valence-electron chi connectivity index (χ4n) is 1.21. The van der Waals surface area contributed by atoms with Gasteiger partial charge in [0, 0.05) is 16.7 Å². The largest absolute Gasteiger partial charge is 0.463 e. The highest BCUT2D eigenvalue weighted by atomic mass is 79.9. The molecule has 1 aromatic heterocycles. The number of hydrogen-bond acceptors (Lipinski definition) is 5. The summed E-state index contributed by atoms with van der Waals surface area (Å²) in [5, 5.41) is 0. The number of halogens is 1. The van der Waals surface area contributed by atoms with Gasteiger partial charge in [-0.3, -0.25) is 0 Å². The van der Waals surface area contributed by atoms with Crippen molar-refractivity contribution in [1.82, 2.24) is 9.97 Å². The number of esters is 1. The van der Waals surface area contributed by atoms with Crippen LogP contribution in [0.1, 0.15) is 10.6 Å². The van der Waals surface area contributed by atoms with Crippen LogP contribution in [0.3, 0.4) is 0 Å². The Morgan fingerprint density at radius 2 is 1.94 bits per heavy atom. The molecule has 0 bridgehead atoms. The molecule has 0 saturated carbocycles. The number of hydrogen-bond donors (Lipinski definition) is 0. The van der Waals surface area contributed by atoms with E-state index < -0.39 is 5.97 Å². The highest BCUT2D eigenvalue weighted by molar-refractivity contribution is 9.10. The summed E-state index contributed by atoms with van der Waals surface area (Å²) in [5.74, 6) is 0.267. The zero-order valence-corrected chi connectivity index (χ0v) is 11.0. The highest BCUT2D eigenvalue weighted by Gasteiger charge is 2.10. The standard InChI is InChI=1S/C12H9BrN2O3/c1-17-12(16)11-14-7-6-10(15-11)18-9-4-2-8(13)3-5-9/h2-7H,1H3. The molecule has 0 spiro atoms. The van der Waals surface area contributed by atoms with Crippen molar-refractivity contribution in [2.45, 2.75) is 0 Å². The zero-order valence-electron chi connectivity index (χ0n) is 9.46. The molecule has 0 amide bonds. The normalized spacial score (nSPS) is 9.89. The summed E-state index contributed by atoms with van der Waals surface area (Å²) in [5.41, 5.74) is 0. The fraction of sp³-hybridized carbons (Fsp3) is 0.0833. The molecule has 0 radical (unpaired) electrons. The van der Waals surface area contributed by atoms with Crippen LogP contribution < -0.4 is 4.74 Å². The molecule has 18 heavy (non-hydrogen) atoms. The summed E-state index contributed by atoms with van der Waals surface area (Å²) < 4.78 is 11.0. The quantitative estimate of drug-likeness (QED) is 0.816. The third kappa shape index (κ3) is 3.04. The number of aromatic nitrogens is 2. The molecular weight excluding hydrogens is 300 g/mol. The van der Waals surface area contributed by atoms with Crippen LogP contribution in [0.2, 0.25) is 0 Å². The van der Waals surface area contributed by atoms with E-state index in [1.54, 1.807) is 18.2 Å². The SMILES string of the molecule is COC(=O)c1nccc(Oc2ccc(Br)cc2)n1. The minimum atomic E-state index is -0.601. The summed E-state index contributed by atoms with van der Waals surface area (Å²) in [4.78, 5) is 19.0. The average molecular weight is 309 g/mol. The lowest BCUT2D eigenvalue weighted by molar-refractivity contribution is 0.0585. The lowest BCUT2D eigenvalue weighted by Crippen LogP contribution is -2.07. The van der Waals surface area contributed by atoms with Gasteiger partial charge in [-0.05, 0) is 24.3 Å². The van der Waals surface area contributed by atoms with Crippen LogP contribution in [0.4, 0.5) is 0 Å². The van der Waals surface area contributed by atoms with Crippen molar-refractivity contribution in [3.8, 4) is 11.6 Å². The van der Waals surface area contributed by atoms with Crippen LogP contribution in [0.25, 0.3) is 0 Å². The zero-order chi connectivity index (χ0) is 13.0. The van der Waals surface area contributed by atoms with E-state index in [2.05, 4.69) is 30.6 Å². The molecule has 1 heterocycles. The first-order valence-corrected chi connectivity index (χ1v) is 5.83. The van der Waals surface area contributed by atoms with Gasteiger partial charge >= 0.3 is 5.97 Å². The molecule has 0 N–H and O–H groups in total. The first kappa shape index (κ1) is 12.5. The second kappa shape index (κ2) is 5.59. The molecule has 0 aliphatic heterocycles. The summed E-state index contributed by atoms with van der Waals surface area (Å²) in [6.07, 6.45) is 1.44. The Morgan fingerprint density at radius 3 is 2.61 bits per heavy atom. The van der Waals surface area contributed by atoms with Gasteiger partial charge in [0.05, 0.1) is 7.11 Å². The molecule has 0 unspecified atom stereocenters. The maximum atomic E-state index is 11.3. The lowest BCUT2D eigenvalue weighted by atomic mass is 10.3. The van der Waals surface area contributed by atoms with Crippen LogP contribution in [-0.2, 0) is 4.74 Å². The lowest BCUT2D eigenvalue weighted by Gasteiger charge is -2.05. The van der Waals surface area contributed by atoms with Gasteiger partial charge in [-0.15, -0.1) is 0 Å². The monoisotopic (exact) mass is 308 g/mol. The van der Waals surface area contributed by atoms with Crippen LogP contribution in [0.5, 0.6) is 11.6 Å². The molecule has 0 aliphatic carbocycles. The van der Waals surface area contributed by atoms with Gasteiger partial charge in [-0.1, -0.05) is 15.9 Å². The molecule has 1 aromatic carbocycles. The van der Waals surface area contributed by atoms with Gasteiger partial charge in [0.2, 0.25) is 11.7 Å². The van der Waals surface area contributed by atoms with Crippen molar-refractivity contribution in [2.24, 2.45) is 0 Å². The van der Waals surface area contributed by atoms with Crippen molar-refractivity contribution >= 4 is 21.9 Å². The number of benzene rings is 1. The van der Waals surface area contributed by atoms with Gasteiger partial charge in [-0.2, -0.15) is 4.98 Å². The van der Waals surface area contributed by atoms with E-state index >= 15 is 0 Å². The molecule has 0 saturated heterocycles. The Labute approximate surface area is 112 Å². The molecular formula is C12H9BrN2O3. The van der Waals surface area contributed by atoms with Crippen molar-refractivity contribution in [3.05, 3.63) is 46.8 Å². The van der Waals surface area contributed by atoms with E-state index in [0.717, 1.165) is 4.47 Å². The van der Waals surface area contributed by atoms with Crippen LogP contribution in [0, 0.1) is 0 Å². The molecule has 6 heteroatoms. The molecule has 5 nitrogen and oxygen atoms in total. The van der Waals surface area contributed by atoms with E-state index in [9.17, 15) is 4.79 Å². The minimum Gasteiger partial charge on any atom is -0.463 e. The second-order valence-electron chi connectivity index (χ2n) is 3.27. The summed E-state index contributed by atoms with van der Waals surface area (Å²) in [7, 11) is 1.27. The minimum absolute atomic E-state index is 0.0351. The Bertz CT molecular complexity index is 558. The Kier molecular flexibility index (Phi) is 3.88. The first-order valence-electron chi connectivity index (χ1n) is 5.04. The number of carbonyl (C=O) groups excluding carboxylic acids is 1. The summed E-state index contributed by atoms with van der Waals surface area (Å²) in [6, 6.07) is 8.82. The third-order valence-electron chi connectivity index (χ3n) is 2.03.